The molecule has 0 aliphatic carbocycles. The number of rotatable bonds is 8. The monoisotopic (exact) mass is 651 g/mol. The third-order valence-electron chi connectivity index (χ3n) is 4.58. The number of sulfonamides is 1. The highest BCUT2D eigenvalue weighted by Gasteiger charge is 2.38. The Bertz CT molecular complexity index is 1480. The number of thioether (sulfide) groups is 1. The topological polar surface area (TPSA) is 133 Å². The average Bonchev–Trinajstić information content (AvgIpc) is 2.87. The number of halogens is 9. The van der Waals surface area contributed by atoms with Crippen LogP contribution in [0.5, 0.6) is 0 Å². The van der Waals surface area contributed by atoms with Gasteiger partial charge in [-0.3, -0.25) is 0 Å². The lowest BCUT2D eigenvalue weighted by molar-refractivity contribution is -0.192. The molecule has 0 saturated carbocycles. The van der Waals surface area contributed by atoms with E-state index in [9.17, 15) is 47.9 Å². The predicted octanol–water partition coefficient (Wildman–Crippen LogP) is 6.18. The number of hydrogen-bond acceptors (Lipinski definition) is 8. The first kappa shape index (κ1) is 34.4. The van der Waals surface area contributed by atoms with Crippen LogP contribution in [0.3, 0.4) is 0 Å². The van der Waals surface area contributed by atoms with Crippen molar-refractivity contribution in [2.75, 3.05) is 23.4 Å². The first-order valence-corrected chi connectivity index (χ1v) is 13.3. The number of aliphatic carboxylic acids is 1. The molecule has 42 heavy (non-hydrogen) atoms. The Hall–Kier alpha value is -3.78. The Morgan fingerprint density at radius 1 is 0.881 bits per heavy atom. The van der Waals surface area contributed by atoms with Gasteiger partial charge in [-0.2, -0.15) is 39.5 Å². The van der Waals surface area contributed by atoms with Crippen LogP contribution in [0.15, 0.2) is 64.6 Å². The van der Waals surface area contributed by atoms with E-state index in [1.165, 1.54) is 37.4 Å². The summed E-state index contributed by atoms with van der Waals surface area (Å²) >= 11 is 0.457. The minimum Gasteiger partial charge on any atom is -0.475 e. The molecule has 0 amide bonds. The van der Waals surface area contributed by atoms with Crippen LogP contribution in [0.1, 0.15) is 5.56 Å². The van der Waals surface area contributed by atoms with E-state index in [1.807, 2.05) is 0 Å². The van der Waals surface area contributed by atoms with E-state index in [4.69, 9.17) is 9.90 Å². The number of anilines is 4. The molecule has 0 atom stereocenters. The second-order valence-electron chi connectivity index (χ2n) is 7.69. The van der Waals surface area contributed by atoms with Gasteiger partial charge < -0.3 is 15.7 Å². The van der Waals surface area contributed by atoms with Crippen molar-refractivity contribution < 1.29 is 57.8 Å². The molecule has 0 spiro atoms. The Morgan fingerprint density at radius 2 is 1.43 bits per heavy atom. The molecule has 3 rings (SSSR count). The number of alkyl halides is 9. The number of carbonyl (C=O) groups is 1. The van der Waals surface area contributed by atoms with Gasteiger partial charge in [-0.1, -0.05) is 0 Å². The standard InChI is InChI=1S/C20H17F6N5O2S2.C2HF3O2/c1-27-35(32,33)14-6-7-16(34-10-19(21,22)23)15(8-14)31-18-9-17(28-11-29-18)30-13-4-2-12(3-5-13)20(24,25)26;3-2(4,5)1(6)7/h2-9,11,27H,10H2,1H3,(H2,28,29,30,31);(H,6,7). The Morgan fingerprint density at radius 3 is 1.90 bits per heavy atom. The van der Waals surface area contributed by atoms with Crippen molar-refractivity contribution in [2.45, 2.75) is 28.3 Å². The Labute approximate surface area is 235 Å². The van der Waals surface area contributed by atoms with Crippen LogP contribution in [-0.2, 0) is 21.0 Å². The van der Waals surface area contributed by atoms with Gasteiger partial charge >= 0.3 is 24.5 Å². The molecule has 3 aromatic rings. The van der Waals surface area contributed by atoms with Crippen LogP contribution < -0.4 is 15.4 Å². The summed E-state index contributed by atoms with van der Waals surface area (Å²) in [5.41, 5.74) is -0.477. The summed E-state index contributed by atoms with van der Waals surface area (Å²) < 4.78 is 135. The molecule has 9 nitrogen and oxygen atoms in total. The number of nitrogens with one attached hydrogen (secondary N) is 3. The summed E-state index contributed by atoms with van der Waals surface area (Å²) in [6, 6.07) is 9.12. The third-order valence-corrected chi connectivity index (χ3v) is 7.13. The van der Waals surface area contributed by atoms with Crippen LogP contribution in [-0.4, -0.2) is 54.6 Å². The quantitative estimate of drug-likeness (QED) is 0.167. The molecule has 2 aromatic carbocycles. The minimum atomic E-state index is -5.08. The summed E-state index contributed by atoms with van der Waals surface area (Å²) in [6.07, 6.45) is -12.9. The fraction of sp³-hybridized carbons (Fsp3) is 0.227. The average molecular weight is 652 g/mol. The maximum absolute atomic E-state index is 12.7. The summed E-state index contributed by atoms with van der Waals surface area (Å²) in [6.45, 7) is 0. The Balaban J connectivity index is 0.000000782. The van der Waals surface area contributed by atoms with Gasteiger partial charge in [-0.25, -0.2) is 27.9 Å². The summed E-state index contributed by atoms with van der Waals surface area (Å²) in [5.74, 6) is -3.69. The maximum Gasteiger partial charge on any atom is 0.490 e. The van der Waals surface area contributed by atoms with E-state index in [0.29, 0.717) is 17.4 Å². The molecule has 230 valence electrons. The van der Waals surface area contributed by atoms with Crippen LogP contribution in [0.25, 0.3) is 0 Å². The van der Waals surface area contributed by atoms with Gasteiger partial charge in [0.25, 0.3) is 0 Å². The maximum atomic E-state index is 12.7. The van der Waals surface area contributed by atoms with Crippen LogP contribution >= 0.6 is 11.8 Å². The summed E-state index contributed by atoms with van der Waals surface area (Å²) in [4.78, 5) is 16.8. The van der Waals surface area contributed by atoms with Crippen molar-refractivity contribution in [3.63, 3.8) is 0 Å². The minimum absolute atomic E-state index is 0.0507. The molecule has 0 radical (unpaired) electrons. The van der Waals surface area contributed by atoms with Crippen LogP contribution in [0.4, 0.5) is 62.5 Å². The zero-order valence-corrected chi connectivity index (χ0v) is 22.3. The van der Waals surface area contributed by atoms with Gasteiger partial charge in [-0.05, 0) is 49.5 Å². The van der Waals surface area contributed by atoms with E-state index < -0.39 is 45.8 Å². The SMILES string of the molecule is CNS(=O)(=O)c1ccc(SCC(F)(F)F)c(Nc2cc(Nc3ccc(C(F)(F)F)cc3)ncn2)c1.O=C(O)C(F)(F)F. The molecule has 1 aromatic heterocycles. The summed E-state index contributed by atoms with van der Waals surface area (Å²) in [7, 11) is -2.69. The first-order valence-electron chi connectivity index (χ1n) is 10.8. The lowest BCUT2D eigenvalue weighted by atomic mass is 10.2. The second-order valence-corrected chi connectivity index (χ2v) is 10.6. The molecular weight excluding hydrogens is 633 g/mol. The molecule has 20 heteroatoms. The van der Waals surface area contributed by atoms with Crippen molar-refractivity contribution in [1.82, 2.24) is 14.7 Å². The van der Waals surface area contributed by atoms with Gasteiger partial charge in [0.2, 0.25) is 10.0 Å². The summed E-state index contributed by atoms with van der Waals surface area (Å²) in [5, 5.41) is 12.7. The lowest BCUT2D eigenvalue weighted by Gasteiger charge is -2.15. The van der Waals surface area contributed by atoms with Crippen molar-refractivity contribution in [3.05, 3.63) is 60.4 Å². The largest absolute Gasteiger partial charge is 0.490 e. The highest BCUT2D eigenvalue weighted by molar-refractivity contribution is 7.99. The number of carboxylic acid groups (broad SMARTS) is 1. The molecule has 0 bridgehead atoms. The number of carboxylic acids is 1. The Kier molecular flexibility index (Phi) is 11.0. The van der Waals surface area contributed by atoms with Gasteiger partial charge in [0.05, 0.1) is 21.9 Å². The molecule has 1 heterocycles. The molecule has 0 fully saturated rings. The number of benzene rings is 2. The van der Waals surface area contributed by atoms with E-state index in [2.05, 4.69) is 25.3 Å². The van der Waals surface area contributed by atoms with Crippen molar-refractivity contribution in [1.29, 1.82) is 0 Å². The normalized spacial score (nSPS) is 12.2. The van der Waals surface area contributed by atoms with Gasteiger partial charge in [0.1, 0.15) is 18.0 Å². The smallest absolute Gasteiger partial charge is 0.475 e. The highest BCUT2D eigenvalue weighted by atomic mass is 32.2. The number of aromatic nitrogens is 2. The molecule has 0 aliphatic heterocycles. The zero-order chi connectivity index (χ0) is 31.9. The van der Waals surface area contributed by atoms with E-state index in [1.54, 1.807) is 0 Å². The fourth-order valence-corrected chi connectivity index (χ4v) is 4.20. The zero-order valence-electron chi connectivity index (χ0n) is 20.7. The number of hydrogen-bond donors (Lipinski definition) is 4. The van der Waals surface area contributed by atoms with Gasteiger partial charge in [0, 0.05) is 16.6 Å². The molecular formula is C22H18F9N5O4S2. The highest BCUT2D eigenvalue weighted by Crippen LogP contribution is 2.35. The van der Waals surface area contributed by atoms with E-state index in [0.717, 1.165) is 24.5 Å². The van der Waals surface area contributed by atoms with Crippen molar-refractivity contribution in [2.24, 2.45) is 0 Å². The predicted molar refractivity (Wildman–Crippen MR) is 133 cm³/mol. The molecule has 0 saturated heterocycles. The molecule has 0 unspecified atom stereocenters. The lowest BCUT2D eigenvalue weighted by Crippen LogP contribution is -2.21. The van der Waals surface area contributed by atoms with Gasteiger partial charge in [-0.15, -0.1) is 11.8 Å². The first-order chi connectivity index (χ1) is 19.2. The fourth-order valence-electron chi connectivity index (χ4n) is 2.70. The van der Waals surface area contributed by atoms with Crippen molar-refractivity contribution >= 4 is 50.8 Å². The second kappa shape index (κ2) is 13.5. The van der Waals surface area contributed by atoms with Crippen LogP contribution in [0, 0.1) is 0 Å². The molecule has 0 aliphatic rings. The van der Waals surface area contributed by atoms with Gasteiger partial charge in [0.15, 0.2) is 0 Å². The third kappa shape index (κ3) is 10.9. The van der Waals surface area contributed by atoms with E-state index >= 15 is 0 Å². The van der Waals surface area contributed by atoms with Crippen molar-refractivity contribution in [3.8, 4) is 0 Å². The van der Waals surface area contributed by atoms with E-state index in [-0.39, 0.29) is 27.1 Å². The van der Waals surface area contributed by atoms with Crippen LogP contribution in [0.2, 0.25) is 0 Å². The number of nitrogens with zero attached hydrogens (tertiary/aromatic N) is 2. The molecule has 4 N–H and O–H groups in total.